The Morgan fingerprint density at radius 2 is 1.87 bits per heavy atom. The molecule has 6 heteroatoms. The van der Waals surface area contributed by atoms with E-state index in [0.717, 1.165) is 5.56 Å². The molecular weight excluding hydrogens is 299 g/mol. The zero-order chi connectivity index (χ0) is 16.8. The molecule has 1 unspecified atom stereocenters. The lowest BCUT2D eigenvalue weighted by atomic mass is 10.1. The summed E-state index contributed by atoms with van der Waals surface area (Å²) in [6, 6.07) is 12.7. The summed E-state index contributed by atoms with van der Waals surface area (Å²) in [5, 5.41) is 14.6. The number of hydrogen-bond acceptors (Lipinski definition) is 3. The third-order valence-corrected chi connectivity index (χ3v) is 3.20. The maximum Gasteiger partial charge on any atom is 0.313 e. The zero-order valence-corrected chi connectivity index (χ0v) is 12.5. The molecule has 0 saturated heterocycles. The van der Waals surface area contributed by atoms with E-state index in [9.17, 15) is 19.1 Å². The molecule has 5 nitrogen and oxygen atoms in total. The van der Waals surface area contributed by atoms with Crippen molar-refractivity contribution in [2.45, 2.75) is 13.0 Å². The molecule has 0 fully saturated rings. The van der Waals surface area contributed by atoms with Crippen LogP contribution in [-0.4, -0.2) is 23.5 Å². The van der Waals surface area contributed by atoms with Gasteiger partial charge in [-0.3, -0.25) is 9.59 Å². The van der Waals surface area contributed by atoms with Crippen molar-refractivity contribution in [2.75, 3.05) is 11.9 Å². The van der Waals surface area contributed by atoms with Crippen molar-refractivity contribution in [3.63, 3.8) is 0 Å². The van der Waals surface area contributed by atoms with Gasteiger partial charge in [0.1, 0.15) is 5.82 Å². The number of hydrogen-bond donors (Lipinski definition) is 3. The summed E-state index contributed by atoms with van der Waals surface area (Å²) in [4.78, 5) is 23.5. The maximum atomic E-state index is 13.5. The Morgan fingerprint density at radius 1 is 1.13 bits per heavy atom. The fourth-order valence-corrected chi connectivity index (χ4v) is 2.04. The standard InChI is InChI=1S/C17H17FN2O3/c1-11-5-4-6-12(9-11)20-17(23)16(22)19-10-15(21)13-7-2-3-8-14(13)18/h2-9,15,21H,10H2,1H3,(H,19,22)(H,20,23). The first-order valence-electron chi connectivity index (χ1n) is 7.05. The third kappa shape index (κ3) is 4.62. The minimum Gasteiger partial charge on any atom is -0.386 e. The molecule has 23 heavy (non-hydrogen) atoms. The second-order valence-electron chi connectivity index (χ2n) is 5.07. The van der Waals surface area contributed by atoms with Gasteiger partial charge in [0, 0.05) is 17.8 Å². The number of amides is 2. The molecule has 0 saturated carbocycles. The number of nitrogens with one attached hydrogen (secondary N) is 2. The molecule has 0 aliphatic rings. The molecule has 1 atom stereocenters. The van der Waals surface area contributed by atoms with Crippen molar-refractivity contribution in [3.05, 3.63) is 65.5 Å². The van der Waals surface area contributed by atoms with Crippen LogP contribution < -0.4 is 10.6 Å². The van der Waals surface area contributed by atoms with E-state index in [4.69, 9.17) is 0 Å². The number of carbonyl (C=O) groups excluding carboxylic acids is 2. The largest absolute Gasteiger partial charge is 0.386 e. The van der Waals surface area contributed by atoms with Crippen molar-refractivity contribution >= 4 is 17.5 Å². The summed E-state index contributed by atoms with van der Waals surface area (Å²) in [6.07, 6.45) is -1.23. The lowest BCUT2D eigenvalue weighted by Crippen LogP contribution is -2.37. The van der Waals surface area contributed by atoms with Crippen LogP contribution in [0.4, 0.5) is 10.1 Å². The normalized spacial score (nSPS) is 11.6. The van der Waals surface area contributed by atoms with Crippen LogP contribution in [0.25, 0.3) is 0 Å². The fraction of sp³-hybridized carbons (Fsp3) is 0.176. The lowest BCUT2D eigenvalue weighted by molar-refractivity contribution is -0.136. The fourth-order valence-electron chi connectivity index (χ4n) is 2.04. The maximum absolute atomic E-state index is 13.5. The topological polar surface area (TPSA) is 78.4 Å². The van der Waals surface area contributed by atoms with Crippen LogP contribution in [0.15, 0.2) is 48.5 Å². The number of aryl methyl sites for hydroxylation is 1. The second kappa shape index (κ2) is 7.51. The van der Waals surface area contributed by atoms with Gasteiger partial charge < -0.3 is 15.7 Å². The van der Waals surface area contributed by atoms with Gasteiger partial charge in [-0.25, -0.2) is 4.39 Å². The van der Waals surface area contributed by atoms with Crippen molar-refractivity contribution in [3.8, 4) is 0 Å². The van der Waals surface area contributed by atoms with Gasteiger partial charge in [0.2, 0.25) is 0 Å². The SMILES string of the molecule is Cc1cccc(NC(=O)C(=O)NCC(O)c2ccccc2F)c1. The third-order valence-electron chi connectivity index (χ3n) is 3.20. The Bertz CT molecular complexity index is 718. The van der Waals surface area contributed by atoms with E-state index >= 15 is 0 Å². The summed E-state index contributed by atoms with van der Waals surface area (Å²) < 4.78 is 13.5. The van der Waals surface area contributed by atoms with Crippen molar-refractivity contribution in [1.82, 2.24) is 5.32 Å². The highest BCUT2D eigenvalue weighted by atomic mass is 19.1. The molecule has 2 aromatic rings. The number of aliphatic hydroxyl groups excluding tert-OH is 1. The Hall–Kier alpha value is -2.73. The number of aliphatic hydroxyl groups is 1. The predicted octanol–water partition coefficient (Wildman–Crippen LogP) is 1.92. The van der Waals surface area contributed by atoms with E-state index in [1.54, 1.807) is 24.3 Å². The Balaban J connectivity index is 1.89. The van der Waals surface area contributed by atoms with Crippen LogP contribution in [0.2, 0.25) is 0 Å². The average molecular weight is 316 g/mol. The van der Waals surface area contributed by atoms with Crippen molar-refractivity contribution in [2.24, 2.45) is 0 Å². The van der Waals surface area contributed by atoms with Crippen LogP contribution in [0.5, 0.6) is 0 Å². The summed E-state index contributed by atoms with van der Waals surface area (Å²) in [6.45, 7) is 1.60. The Labute approximate surface area is 133 Å². The molecule has 3 N–H and O–H groups in total. The number of rotatable bonds is 4. The summed E-state index contributed by atoms with van der Waals surface area (Å²) in [5.74, 6) is -2.32. The van der Waals surface area contributed by atoms with Crippen molar-refractivity contribution in [1.29, 1.82) is 0 Å². The minimum absolute atomic E-state index is 0.0619. The molecule has 120 valence electrons. The lowest BCUT2D eigenvalue weighted by Gasteiger charge is -2.13. The van der Waals surface area contributed by atoms with E-state index in [1.807, 2.05) is 13.0 Å². The quantitative estimate of drug-likeness (QED) is 0.754. The highest BCUT2D eigenvalue weighted by Crippen LogP contribution is 2.15. The first kappa shape index (κ1) is 16.6. The van der Waals surface area contributed by atoms with Gasteiger partial charge in [-0.15, -0.1) is 0 Å². The monoisotopic (exact) mass is 316 g/mol. The molecule has 0 bridgehead atoms. The summed E-state index contributed by atoms with van der Waals surface area (Å²) in [5.41, 5.74) is 1.50. The molecule has 0 radical (unpaired) electrons. The van der Waals surface area contributed by atoms with Gasteiger partial charge >= 0.3 is 11.8 Å². The molecule has 2 rings (SSSR count). The highest BCUT2D eigenvalue weighted by Gasteiger charge is 2.17. The van der Waals surface area contributed by atoms with Crippen LogP contribution in [0.3, 0.4) is 0 Å². The summed E-state index contributed by atoms with van der Waals surface area (Å²) in [7, 11) is 0. The van der Waals surface area contributed by atoms with Gasteiger partial charge in [-0.2, -0.15) is 0 Å². The molecule has 0 aliphatic heterocycles. The first-order valence-corrected chi connectivity index (χ1v) is 7.05. The van der Waals surface area contributed by atoms with Crippen LogP contribution >= 0.6 is 0 Å². The van der Waals surface area contributed by atoms with Crippen molar-refractivity contribution < 1.29 is 19.1 Å². The van der Waals surface area contributed by atoms with E-state index in [-0.39, 0.29) is 12.1 Å². The number of benzene rings is 2. The average Bonchev–Trinajstić information content (AvgIpc) is 2.52. The second-order valence-corrected chi connectivity index (χ2v) is 5.07. The van der Waals surface area contributed by atoms with E-state index in [0.29, 0.717) is 5.69 Å². The molecule has 0 aromatic heterocycles. The number of anilines is 1. The minimum atomic E-state index is -1.23. The zero-order valence-electron chi connectivity index (χ0n) is 12.5. The highest BCUT2D eigenvalue weighted by molar-refractivity contribution is 6.39. The molecular formula is C17H17FN2O3. The smallest absolute Gasteiger partial charge is 0.313 e. The number of halogens is 1. The van der Waals surface area contributed by atoms with E-state index < -0.39 is 23.7 Å². The molecule has 2 aromatic carbocycles. The molecule has 0 aliphatic carbocycles. The molecule has 0 spiro atoms. The first-order chi connectivity index (χ1) is 11.0. The van der Waals surface area contributed by atoms with Crippen LogP contribution in [-0.2, 0) is 9.59 Å². The van der Waals surface area contributed by atoms with Crippen LogP contribution in [0, 0.1) is 12.7 Å². The van der Waals surface area contributed by atoms with Gasteiger partial charge in [-0.1, -0.05) is 30.3 Å². The Kier molecular flexibility index (Phi) is 5.43. The molecule has 0 heterocycles. The van der Waals surface area contributed by atoms with E-state index in [1.165, 1.54) is 18.2 Å². The van der Waals surface area contributed by atoms with Gasteiger partial charge in [0.15, 0.2) is 0 Å². The Morgan fingerprint density at radius 3 is 2.57 bits per heavy atom. The number of carbonyl (C=O) groups is 2. The molecule has 2 amide bonds. The van der Waals surface area contributed by atoms with Gasteiger partial charge in [-0.05, 0) is 30.7 Å². The predicted molar refractivity (Wildman–Crippen MR) is 84.2 cm³/mol. The van der Waals surface area contributed by atoms with Gasteiger partial charge in [0.05, 0.1) is 6.10 Å². The van der Waals surface area contributed by atoms with E-state index in [2.05, 4.69) is 10.6 Å². The summed E-state index contributed by atoms with van der Waals surface area (Å²) >= 11 is 0. The van der Waals surface area contributed by atoms with Crippen LogP contribution in [0.1, 0.15) is 17.2 Å². The van der Waals surface area contributed by atoms with Gasteiger partial charge in [0.25, 0.3) is 0 Å².